The minimum Gasteiger partial charge on any atom is -0.497 e. The fourth-order valence-electron chi connectivity index (χ4n) is 6.95. The molecule has 2 heterocycles. The number of aromatic nitrogens is 1. The summed E-state index contributed by atoms with van der Waals surface area (Å²) in [4.78, 5) is 63.0. The van der Waals surface area contributed by atoms with Crippen LogP contribution >= 0.6 is 0 Å². The molecule has 3 amide bonds. The first-order valence-electron chi connectivity index (χ1n) is 15.5. The molecule has 1 aromatic carbocycles. The average molecular weight is 565 g/mol. The molecule has 0 spiro atoms. The molecule has 2 saturated carbocycles. The van der Waals surface area contributed by atoms with Crippen molar-refractivity contribution in [3.63, 3.8) is 0 Å². The van der Waals surface area contributed by atoms with Crippen molar-refractivity contribution in [2.75, 3.05) is 33.3 Å². The molecule has 2 aliphatic carbocycles. The van der Waals surface area contributed by atoms with Gasteiger partial charge in [0.2, 0.25) is 11.8 Å². The number of amides is 3. The number of fused-ring (bicyclic) bond motifs is 1. The molecule has 1 N–H and O–H groups in total. The van der Waals surface area contributed by atoms with Gasteiger partial charge in [0.25, 0.3) is 11.7 Å². The Kier molecular flexibility index (Phi) is 9.62. The van der Waals surface area contributed by atoms with Crippen molar-refractivity contribution in [1.82, 2.24) is 19.7 Å². The van der Waals surface area contributed by atoms with Crippen LogP contribution < -0.4 is 4.74 Å². The Morgan fingerprint density at radius 1 is 0.854 bits per heavy atom. The van der Waals surface area contributed by atoms with Crippen LogP contribution in [0, 0.1) is 0 Å². The molecule has 1 aromatic heterocycles. The molecule has 0 atom stereocenters. The lowest BCUT2D eigenvalue weighted by Gasteiger charge is -2.42. The van der Waals surface area contributed by atoms with Crippen LogP contribution in [0.2, 0.25) is 0 Å². The van der Waals surface area contributed by atoms with Gasteiger partial charge in [0.1, 0.15) is 18.8 Å². The first kappa shape index (κ1) is 29.1. The first-order valence-corrected chi connectivity index (χ1v) is 15.5. The summed E-state index contributed by atoms with van der Waals surface area (Å²) >= 11 is 0. The highest BCUT2D eigenvalue weighted by Crippen LogP contribution is 2.31. The number of nitrogens with one attached hydrogen (secondary N) is 1. The van der Waals surface area contributed by atoms with Crippen molar-refractivity contribution in [3.05, 3.63) is 30.0 Å². The summed E-state index contributed by atoms with van der Waals surface area (Å²) in [5, 5.41) is 0.601. The van der Waals surface area contributed by atoms with E-state index in [0.29, 0.717) is 29.7 Å². The SMILES string of the molecule is COc1ccc2c(C(=O)C(=O)N(CC(=O)N3CCCCC3)CC(=O)N(C3CCCCC3)C3CCCCC3)c[nH]c2c1. The molecule has 1 saturated heterocycles. The highest BCUT2D eigenvalue weighted by atomic mass is 16.5. The third-order valence-electron chi connectivity index (χ3n) is 9.20. The number of piperidine rings is 1. The highest BCUT2D eigenvalue weighted by Gasteiger charge is 2.36. The molecule has 0 bridgehead atoms. The summed E-state index contributed by atoms with van der Waals surface area (Å²) < 4.78 is 5.28. The Morgan fingerprint density at radius 2 is 1.46 bits per heavy atom. The molecule has 41 heavy (non-hydrogen) atoms. The Hall–Kier alpha value is -3.36. The fourth-order valence-corrected chi connectivity index (χ4v) is 6.95. The third-order valence-corrected chi connectivity index (χ3v) is 9.20. The first-order chi connectivity index (χ1) is 20.0. The Morgan fingerprint density at radius 3 is 2.07 bits per heavy atom. The molecule has 2 aromatic rings. The zero-order valence-electron chi connectivity index (χ0n) is 24.4. The number of ketones is 1. The van der Waals surface area contributed by atoms with Crippen LogP contribution in [0.1, 0.15) is 93.8 Å². The molecule has 5 rings (SSSR count). The maximum atomic E-state index is 14.1. The normalized spacial score (nSPS) is 18.7. The van der Waals surface area contributed by atoms with E-state index >= 15 is 0 Å². The zero-order chi connectivity index (χ0) is 28.8. The molecule has 9 heteroatoms. The van der Waals surface area contributed by atoms with E-state index in [4.69, 9.17) is 4.74 Å². The molecule has 1 aliphatic heterocycles. The van der Waals surface area contributed by atoms with Crippen LogP contribution in [-0.4, -0.2) is 88.6 Å². The van der Waals surface area contributed by atoms with Crippen LogP contribution in [0.4, 0.5) is 0 Å². The van der Waals surface area contributed by atoms with Gasteiger partial charge in [-0.05, 0) is 57.1 Å². The smallest absolute Gasteiger partial charge is 0.295 e. The van der Waals surface area contributed by atoms with Gasteiger partial charge in [-0.15, -0.1) is 0 Å². The lowest BCUT2D eigenvalue weighted by molar-refractivity contribution is -0.146. The molecule has 9 nitrogen and oxygen atoms in total. The van der Waals surface area contributed by atoms with Crippen molar-refractivity contribution < 1.29 is 23.9 Å². The molecule has 222 valence electrons. The van der Waals surface area contributed by atoms with Crippen molar-refractivity contribution in [2.24, 2.45) is 0 Å². The number of methoxy groups -OCH3 is 1. The number of likely N-dealkylation sites (tertiary alicyclic amines) is 1. The summed E-state index contributed by atoms with van der Waals surface area (Å²) in [5.74, 6) is -1.24. The van der Waals surface area contributed by atoms with E-state index in [1.807, 2.05) is 4.90 Å². The van der Waals surface area contributed by atoms with Crippen LogP contribution in [0.15, 0.2) is 24.4 Å². The van der Waals surface area contributed by atoms with E-state index in [1.165, 1.54) is 23.9 Å². The fraction of sp³-hybridized carbons (Fsp3) is 0.625. The topological polar surface area (TPSA) is 103 Å². The quantitative estimate of drug-likeness (QED) is 0.352. The van der Waals surface area contributed by atoms with Gasteiger partial charge in [-0.3, -0.25) is 19.2 Å². The van der Waals surface area contributed by atoms with Crippen LogP contribution in [0.3, 0.4) is 0 Å². The van der Waals surface area contributed by atoms with Gasteiger partial charge >= 0.3 is 0 Å². The number of benzene rings is 1. The highest BCUT2D eigenvalue weighted by molar-refractivity contribution is 6.45. The van der Waals surface area contributed by atoms with Gasteiger partial charge in [-0.2, -0.15) is 0 Å². The van der Waals surface area contributed by atoms with Crippen molar-refractivity contribution >= 4 is 34.4 Å². The number of carbonyl (C=O) groups is 4. The maximum Gasteiger partial charge on any atom is 0.295 e. The third kappa shape index (κ3) is 6.76. The number of nitrogens with zero attached hydrogens (tertiary/aromatic N) is 3. The maximum absolute atomic E-state index is 14.1. The molecule has 0 unspecified atom stereocenters. The summed E-state index contributed by atoms with van der Waals surface area (Å²) in [6.45, 7) is 0.760. The van der Waals surface area contributed by atoms with Crippen LogP contribution in [-0.2, 0) is 14.4 Å². The summed E-state index contributed by atoms with van der Waals surface area (Å²) in [5.41, 5.74) is 0.903. The second-order valence-corrected chi connectivity index (χ2v) is 11.9. The predicted octanol–water partition coefficient (Wildman–Crippen LogP) is 4.69. The minimum atomic E-state index is -0.812. The summed E-state index contributed by atoms with van der Waals surface area (Å²) in [6.07, 6.45) is 15.1. The molecular weight excluding hydrogens is 520 g/mol. The van der Waals surface area contributed by atoms with E-state index in [0.717, 1.165) is 70.6 Å². The Balaban J connectivity index is 1.40. The predicted molar refractivity (Wildman–Crippen MR) is 157 cm³/mol. The van der Waals surface area contributed by atoms with Gasteiger partial charge in [0.05, 0.1) is 12.7 Å². The number of rotatable bonds is 9. The second kappa shape index (κ2) is 13.5. The summed E-state index contributed by atoms with van der Waals surface area (Å²) in [7, 11) is 1.57. The number of Topliss-reactive ketones (excluding diaryl/α,β-unsaturated/α-hetero) is 1. The van der Waals surface area contributed by atoms with Crippen molar-refractivity contribution in [1.29, 1.82) is 0 Å². The van der Waals surface area contributed by atoms with Gasteiger partial charge in [0, 0.05) is 48.3 Å². The molecular formula is C32H44N4O5. The van der Waals surface area contributed by atoms with Gasteiger partial charge in [-0.1, -0.05) is 38.5 Å². The molecule has 3 fully saturated rings. The number of aromatic amines is 1. The largest absolute Gasteiger partial charge is 0.497 e. The van der Waals surface area contributed by atoms with E-state index in [1.54, 1.807) is 30.2 Å². The Bertz CT molecular complexity index is 1220. The minimum absolute atomic E-state index is 0.139. The van der Waals surface area contributed by atoms with Crippen LogP contribution in [0.5, 0.6) is 5.75 Å². The van der Waals surface area contributed by atoms with Crippen LogP contribution in [0.25, 0.3) is 10.9 Å². The van der Waals surface area contributed by atoms with E-state index < -0.39 is 11.7 Å². The number of hydrogen-bond acceptors (Lipinski definition) is 5. The van der Waals surface area contributed by atoms with E-state index in [9.17, 15) is 19.2 Å². The average Bonchev–Trinajstić information content (AvgIpc) is 3.45. The number of carbonyl (C=O) groups excluding carboxylic acids is 4. The van der Waals surface area contributed by atoms with E-state index in [-0.39, 0.29) is 42.6 Å². The van der Waals surface area contributed by atoms with E-state index in [2.05, 4.69) is 4.98 Å². The number of H-pyrrole nitrogens is 1. The second-order valence-electron chi connectivity index (χ2n) is 11.9. The van der Waals surface area contributed by atoms with Crippen molar-refractivity contribution in [3.8, 4) is 5.75 Å². The molecule has 3 aliphatic rings. The Labute approximate surface area is 242 Å². The standard InChI is InChI=1S/C32H44N4O5/c1-41-25-15-16-26-27(20-33-28(26)19-25)31(39)32(40)35(21-29(37)34-17-9-4-10-18-34)22-30(38)36(23-11-5-2-6-12-23)24-13-7-3-8-14-24/h15-16,19-20,23-24,33H,2-14,17-18,21-22H2,1H3. The zero-order valence-corrected chi connectivity index (χ0v) is 24.4. The number of hydrogen-bond donors (Lipinski definition) is 1. The van der Waals surface area contributed by atoms with Gasteiger partial charge in [-0.25, -0.2) is 0 Å². The summed E-state index contributed by atoms with van der Waals surface area (Å²) in [6, 6.07) is 5.57. The monoisotopic (exact) mass is 564 g/mol. The lowest BCUT2D eigenvalue weighted by atomic mass is 9.88. The molecule has 0 radical (unpaired) electrons. The van der Waals surface area contributed by atoms with Crippen molar-refractivity contribution in [2.45, 2.75) is 95.6 Å². The lowest BCUT2D eigenvalue weighted by Crippen LogP contribution is -2.55. The van der Waals surface area contributed by atoms with Gasteiger partial charge < -0.3 is 24.4 Å². The van der Waals surface area contributed by atoms with Gasteiger partial charge in [0.15, 0.2) is 0 Å². The number of ether oxygens (including phenoxy) is 1.